The standard InChI is InChI=1S/C56H62N10O10/c1-33(67)59-41-11-7-9-37(23-41)31-65-53(71)47(61-55(65)73)27-35-13-17-45-43(25-35)39(29-57-45)15-19-49(63(3)4)75-51(69)21-22-52(70)76-50(64(5)6)20-16-40-30-58-46-18-14-36(26-44(40)46)28-48-54(72)66(56(74)62-48)32-38-10-8-12-42(24-38)60-34(2)68/h7-14,17-18,21-26,29-30,47-50,57-58H,15-16,19-20,27-28,31-32H2,1-6H3,(H,59,67)(H,60,68)(H,61,73)(H,62,74)/b22-21-. The number of benzene rings is 4. The number of H-pyrrole nitrogens is 2. The molecule has 0 saturated carbocycles. The topological polar surface area (TPSA) is 248 Å². The molecule has 4 unspecified atom stereocenters. The van der Waals surface area contributed by atoms with Crippen LogP contribution in [0.5, 0.6) is 0 Å². The number of nitrogens with zero attached hydrogens (tertiary/aromatic N) is 4. The molecule has 2 aliphatic rings. The Kier molecular flexibility index (Phi) is 16.7. The molecule has 396 valence electrons. The summed E-state index contributed by atoms with van der Waals surface area (Å²) in [5.41, 5.74) is 7.93. The summed E-state index contributed by atoms with van der Waals surface area (Å²) in [6, 6.07) is 23.2. The smallest absolute Gasteiger partial charge is 0.332 e. The fourth-order valence-electron chi connectivity index (χ4n) is 9.47. The number of aromatic amines is 2. The minimum absolute atomic E-state index is 0.0585. The van der Waals surface area contributed by atoms with Crippen molar-refractivity contribution in [2.75, 3.05) is 38.8 Å². The van der Waals surface area contributed by atoms with Gasteiger partial charge in [0.2, 0.25) is 11.8 Å². The number of nitrogens with one attached hydrogen (secondary N) is 6. The number of carbonyl (C=O) groups is 8. The van der Waals surface area contributed by atoms with Crippen molar-refractivity contribution in [3.63, 3.8) is 0 Å². The number of aryl methyl sites for hydroxylation is 2. The zero-order valence-electron chi connectivity index (χ0n) is 43.2. The molecule has 2 fully saturated rings. The summed E-state index contributed by atoms with van der Waals surface area (Å²) in [5, 5.41) is 12.9. The number of hydrogen-bond acceptors (Lipinski definition) is 12. The maximum absolute atomic E-state index is 13.4. The Morgan fingerprint density at radius 1 is 0.579 bits per heavy atom. The molecule has 8 rings (SSSR count). The Balaban J connectivity index is 0.813. The lowest BCUT2D eigenvalue weighted by atomic mass is 10.0. The van der Waals surface area contributed by atoms with Crippen LogP contribution in [-0.2, 0) is 77.0 Å². The number of amides is 8. The Labute approximate surface area is 439 Å². The van der Waals surface area contributed by atoms with Crippen molar-refractivity contribution in [1.29, 1.82) is 0 Å². The van der Waals surface area contributed by atoms with Gasteiger partial charge in [0.05, 0.1) is 13.1 Å². The van der Waals surface area contributed by atoms with E-state index in [-0.39, 0.29) is 49.6 Å². The van der Waals surface area contributed by atoms with Gasteiger partial charge < -0.3 is 40.7 Å². The molecule has 20 nitrogen and oxygen atoms in total. The molecule has 4 aromatic carbocycles. The summed E-state index contributed by atoms with van der Waals surface area (Å²) in [4.78, 5) is 114. The van der Waals surface area contributed by atoms with E-state index < -0.39 is 48.5 Å². The lowest BCUT2D eigenvalue weighted by Crippen LogP contribution is -2.33. The van der Waals surface area contributed by atoms with Gasteiger partial charge in [-0.2, -0.15) is 0 Å². The van der Waals surface area contributed by atoms with Crippen LogP contribution in [-0.4, -0.2) is 130 Å². The van der Waals surface area contributed by atoms with Gasteiger partial charge in [-0.15, -0.1) is 0 Å². The van der Waals surface area contributed by atoms with Gasteiger partial charge in [0.25, 0.3) is 11.8 Å². The average Bonchev–Trinajstić information content (AvgIpc) is 4.11. The molecule has 0 radical (unpaired) electrons. The maximum atomic E-state index is 13.4. The van der Waals surface area contributed by atoms with Crippen molar-refractivity contribution >= 4 is 80.8 Å². The van der Waals surface area contributed by atoms with E-state index in [4.69, 9.17) is 9.47 Å². The number of aromatic nitrogens is 2. The molecule has 20 heteroatoms. The first-order valence-electron chi connectivity index (χ1n) is 24.9. The molecular formula is C56H62N10O10. The van der Waals surface area contributed by atoms with E-state index in [1.807, 2.05) is 48.8 Å². The van der Waals surface area contributed by atoms with Crippen molar-refractivity contribution in [3.05, 3.63) is 143 Å². The highest BCUT2D eigenvalue weighted by Crippen LogP contribution is 2.27. The number of rotatable bonds is 22. The van der Waals surface area contributed by atoms with Gasteiger partial charge in [-0.05, 0) is 123 Å². The van der Waals surface area contributed by atoms with Gasteiger partial charge in [0.1, 0.15) is 12.1 Å². The number of hydrogen-bond donors (Lipinski definition) is 6. The van der Waals surface area contributed by atoms with Crippen LogP contribution in [0, 0.1) is 0 Å². The molecular weight excluding hydrogens is 973 g/mol. The lowest BCUT2D eigenvalue weighted by molar-refractivity contribution is -0.154. The fourth-order valence-corrected chi connectivity index (χ4v) is 9.47. The zero-order chi connectivity index (χ0) is 54.2. The zero-order valence-corrected chi connectivity index (χ0v) is 43.2. The van der Waals surface area contributed by atoms with Gasteiger partial charge in [-0.25, -0.2) is 19.2 Å². The van der Waals surface area contributed by atoms with Crippen LogP contribution < -0.4 is 21.3 Å². The summed E-state index contributed by atoms with van der Waals surface area (Å²) < 4.78 is 11.6. The molecule has 2 aromatic heterocycles. The third kappa shape index (κ3) is 13.4. The van der Waals surface area contributed by atoms with Crippen molar-refractivity contribution in [1.82, 2.24) is 40.2 Å². The second kappa shape index (κ2) is 23.7. The summed E-state index contributed by atoms with van der Waals surface area (Å²) in [7, 11) is 7.16. The average molecular weight is 1040 g/mol. The molecule has 6 N–H and O–H groups in total. The molecule has 8 amide bonds. The first-order valence-corrected chi connectivity index (χ1v) is 24.9. The lowest BCUT2D eigenvalue weighted by Gasteiger charge is -2.24. The number of ether oxygens (including phenoxy) is 2. The third-order valence-electron chi connectivity index (χ3n) is 13.3. The van der Waals surface area contributed by atoms with Crippen LogP contribution in [0.25, 0.3) is 21.8 Å². The molecule has 4 heterocycles. The predicted octanol–water partition coefficient (Wildman–Crippen LogP) is 5.88. The van der Waals surface area contributed by atoms with Gasteiger partial charge in [0.15, 0.2) is 12.5 Å². The molecule has 2 aliphatic heterocycles. The van der Waals surface area contributed by atoms with Crippen LogP contribution >= 0.6 is 0 Å². The molecule has 0 bridgehead atoms. The van der Waals surface area contributed by atoms with E-state index in [0.717, 1.165) is 56.2 Å². The van der Waals surface area contributed by atoms with E-state index in [2.05, 4.69) is 31.2 Å². The highest BCUT2D eigenvalue weighted by Gasteiger charge is 2.39. The Morgan fingerprint density at radius 2 is 0.987 bits per heavy atom. The van der Waals surface area contributed by atoms with E-state index >= 15 is 0 Å². The largest absolute Gasteiger partial charge is 0.443 e. The monoisotopic (exact) mass is 1030 g/mol. The van der Waals surface area contributed by atoms with Crippen LogP contribution in [0.15, 0.2) is 109 Å². The minimum Gasteiger partial charge on any atom is -0.443 e. The number of fused-ring (bicyclic) bond motifs is 2. The van der Waals surface area contributed by atoms with E-state index in [0.29, 0.717) is 48.2 Å². The van der Waals surface area contributed by atoms with Gasteiger partial charge in [-0.3, -0.25) is 38.8 Å². The number of esters is 2. The van der Waals surface area contributed by atoms with Crippen molar-refractivity contribution in [3.8, 4) is 0 Å². The van der Waals surface area contributed by atoms with E-state index in [1.54, 1.807) is 86.5 Å². The highest BCUT2D eigenvalue weighted by atomic mass is 16.6. The SMILES string of the molecule is CC(=O)Nc1cccc(CN2C(=O)NC(Cc3ccc4[nH]cc(CCC(OC(=O)/C=C\C(=O)OC(CCc5c[nH]c6ccc(CC7NC(=O)N(Cc8cccc(NC(C)=O)c8)C7=O)cc56)N(C)C)N(C)C)c4c3)C2=O)c1. The Hall–Kier alpha value is -8.62. The van der Waals surface area contributed by atoms with Gasteiger partial charge in [-0.1, -0.05) is 36.4 Å². The molecule has 2 saturated heterocycles. The van der Waals surface area contributed by atoms with Crippen molar-refractivity contribution in [2.45, 2.75) is 90.0 Å². The normalized spacial score (nSPS) is 16.5. The van der Waals surface area contributed by atoms with Crippen LogP contribution in [0.3, 0.4) is 0 Å². The summed E-state index contributed by atoms with van der Waals surface area (Å²) >= 11 is 0. The quantitative estimate of drug-likeness (QED) is 0.0202. The number of anilines is 2. The molecule has 4 atom stereocenters. The maximum Gasteiger partial charge on any atom is 0.332 e. The highest BCUT2D eigenvalue weighted by molar-refractivity contribution is 6.05. The predicted molar refractivity (Wildman–Crippen MR) is 284 cm³/mol. The number of urea groups is 2. The van der Waals surface area contributed by atoms with E-state index in [1.165, 1.54) is 23.6 Å². The number of imide groups is 2. The Bertz CT molecular complexity index is 3020. The summed E-state index contributed by atoms with van der Waals surface area (Å²) in [6.45, 7) is 2.93. The van der Waals surface area contributed by atoms with Crippen LogP contribution in [0.1, 0.15) is 60.1 Å². The molecule has 76 heavy (non-hydrogen) atoms. The molecule has 0 aliphatic carbocycles. The summed E-state index contributed by atoms with van der Waals surface area (Å²) in [5.74, 6) is -2.57. The summed E-state index contributed by atoms with van der Waals surface area (Å²) in [6.07, 6.45) is 7.07. The van der Waals surface area contributed by atoms with Crippen LogP contribution in [0.2, 0.25) is 0 Å². The van der Waals surface area contributed by atoms with Crippen LogP contribution in [0.4, 0.5) is 21.0 Å². The minimum atomic E-state index is -0.755. The first kappa shape index (κ1) is 53.7. The van der Waals surface area contributed by atoms with Gasteiger partial charge in [0, 0.05) is 97.3 Å². The second-order valence-corrected chi connectivity index (χ2v) is 19.5. The molecule has 6 aromatic rings. The first-order chi connectivity index (χ1) is 36.4. The Morgan fingerprint density at radius 3 is 1.37 bits per heavy atom. The van der Waals surface area contributed by atoms with Crippen molar-refractivity contribution < 1.29 is 47.8 Å². The number of carbonyl (C=O) groups excluding carboxylic acids is 8. The van der Waals surface area contributed by atoms with Crippen molar-refractivity contribution in [2.24, 2.45) is 0 Å². The second-order valence-electron chi connectivity index (χ2n) is 19.5. The van der Waals surface area contributed by atoms with E-state index in [9.17, 15) is 38.4 Å². The fraction of sp³-hybridized carbons (Fsp3) is 0.321. The van der Waals surface area contributed by atoms with Gasteiger partial charge >= 0.3 is 24.0 Å². The molecule has 0 spiro atoms. The third-order valence-corrected chi connectivity index (χ3v) is 13.3.